The van der Waals surface area contributed by atoms with Crippen molar-refractivity contribution < 1.29 is 23.8 Å². The number of hydrogen-bond acceptors (Lipinski definition) is 5. The molecule has 1 N–H and O–H groups in total. The van der Waals surface area contributed by atoms with E-state index in [1.165, 1.54) is 37.7 Å². The summed E-state index contributed by atoms with van der Waals surface area (Å²) in [5.74, 6) is -0.278. The summed E-state index contributed by atoms with van der Waals surface area (Å²) in [4.78, 5) is 24.6. The monoisotopic (exact) mass is 409 g/mol. The van der Waals surface area contributed by atoms with Crippen LogP contribution in [0.1, 0.15) is 56.3 Å². The number of carbonyl (C=O) groups is 2. The van der Waals surface area contributed by atoms with E-state index in [4.69, 9.17) is 25.8 Å². The van der Waals surface area contributed by atoms with Crippen LogP contribution in [-0.4, -0.2) is 38.2 Å². The Kier molecular flexibility index (Phi) is 8.64. The van der Waals surface area contributed by atoms with Gasteiger partial charge in [0.1, 0.15) is 0 Å². The summed E-state index contributed by atoms with van der Waals surface area (Å²) in [5, 5.41) is 3.06. The second-order valence-corrected chi connectivity index (χ2v) is 7.03. The quantitative estimate of drug-likeness (QED) is 0.486. The molecule has 0 spiro atoms. The highest BCUT2D eigenvalue weighted by atomic mass is 35.5. The van der Waals surface area contributed by atoms with Gasteiger partial charge in [-0.05, 0) is 58.1 Å². The van der Waals surface area contributed by atoms with Gasteiger partial charge >= 0.3 is 5.97 Å². The number of methoxy groups -OCH3 is 1. The van der Waals surface area contributed by atoms with Gasteiger partial charge in [-0.2, -0.15) is 0 Å². The molecule has 7 heteroatoms. The standard InChI is InChI=1S/C21H28ClNO5/c1-4-27-19-17(22)12-16(13-18(19)26-3)21(25)28-14(2)20(24)23-11-10-15-8-6-5-7-9-15/h8,12-14H,4-7,9-11H2,1-3H3,(H,23,24)/t14-/m1/s1. The van der Waals surface area contributed by atoms with Gasteiger partial charge in [-0.3, -0.25) is 4.79 Å². The molecule has 1 aromatic carbocycles. The number of allylic oxidation sites excluding steroid dienone is 1. The maximum Gasteiger partial charge on any atom is 0.339 e. The number of benzene rings is 1. The van der Waals surface area contributed by atoms with E-state index in [2.05, 4.69) is 11.4 Å². The van der Waals surface area contributed by atoms with E-state index >= 15 is 0 Å². The third-order valence-electron chi connectivity index (χ3n) is 4.54. The van der Waals surface area contributed by atoms with Crippen LogP contribution in [0.3, 0.4) is 0 Å². The average Bonchev–Trinajstić information content (AvgIpc) is 2.69. The van der Waals surface area contributed by atoms with E-state index in [0.717, 1.165) is 19.3 Å². The van der Waals surface area contributed by atoms with Crippen LogP contribution in [0.2, 0.25) is 5.02 Å². The maximum absolute atomic E-state index is 12.4. The van der Waals surface area contributed by atoms with Crippen molar-refractivity contribution in [3.05, 3.63) is 34.4 Å². The zero-order valence-electron chi connectivity index (χ0n) is 16.7. The molecule has 0 bridgehead atoms. The van der Waals surface area contributed by atoms with Crippen LogP contribution in [0.5, 0.6) is 11.5 Å². The van der Waals surface area contributed by atoms with Crippen molar-refractivity contribution in [1.29, 1.82) is 0 Å². The van der Waals surface area contributed by atoms with Crippen molar-refractivity contribution in [2.24, 2.45) is 0 Å². The summed E-state index contributed by atoms with van der Waals surface area (Å²) in [6.45, 7) is 4.31. The molecule has 1 amide bonds. The van der Waals surface area contributed by atoms with Crippen molar-refractivity contribution in [2.75, 3.05) is 20.3 Å². The molecule has 0 fully saturated rings. The molecule has 1 atom stereocenters. The van der Waals surface area contributed by atoms with Gasteiger partial charge in [0, 0.05) is 6.54 Å². The summed E-state index contributed by atoms with van der Waals surface area (Å²) < 4.78 is 15.9. The Bertz CT molecular complexity index is 732. The summed E-state index contributed by atoms with van der Waals surface area (Å²) >= 11 is 6.18. The number of esters is 1. The van der Waals surface area contributed by atoms with E-state index in [1.807, 2.05) is 6.92 Å². The van der Waals surface area contributed by atoms with Gasteiger partial charge in [0.2, 0.25) is 0 Å². The highest BCUT2D eigenvalue weighted by Gasteiger charge is 2.21. The van der Waals surface area contributed by atoms with E-state index in [-0.39, 0.29) is 16.5 Å². The predicted molar refractivity (Wildman–Crippen MR) is 108 cm³/mol. The Morgan fingerprint density at radius 3 is 2.71 bits per heavy atom. The molecule has 1 aliphatic rings. The minimum absolute atomic E-state index is 0.192. The van der Waals surface area contributed by atoms with Crippen LogP contribution in [0.25, 0.3) is 0 Å². The van der Waals surface area contributed by atoms with Crippen molar-refractivity contribution >= 4 is 23.5 Å². The predicted octanol–water partition coefficient (Wildman–Crippen LogP) is 4.30. The third kappa shape index (κ3) is 6.16. The molecule has 0 aliphatic heterocycles. The van der Waals surface area contributed by atoms with Crippen molar-refractivity contribution in [3.63, 3.8) is 0 Å². The lowest BCUT2D eigenvalue weighted by Gasteiger charge is -2.16. The molecule has 1 aliphatic carbocycles. The summed E-state index contributed by atoms with van der Waals surface area (Å²) in [6, 6.07) is 2.93. The minimum atomic E-state index is -0.913. The van der Waals surface area contributed by atoms with Crippen molar-refractivity contribution in [3.8, 4) is 11.5 Å². The zero-order valence-corrected chi connectivity index (χ0v) is 17.4. The molecule has 154 valence electrons. The normalized spacial score (nSPS) is 14.6. The fraction of sp³-hybridized carbons (Fsp3) is 0.524. The summed E-state index contributed by atoms with van der Waals surface area (Å²) in [5.41, 5.74) is 1.57. The number of amides is 1. The SMILES string of the molecule is CCOc1c(Cl)cc(C(=O)O[C@H](C)C(=O)NCCC2=CCCCC2)cc1OC. The molecule has 1 aromatic rings. The number of hydrogen-bond donors (Lipinski definition) is 1. The first-order valence-electron chi connectivity index (χ1n) is 9.63. The van der Waals surface area contributed by atoms with E-state index in [0.29, 0.717) is 24.7 Å². The molecule has 28 heavy (non-hydrogen) atoms. The first-order valence-corrected chi connectivity index (χ1v) is 10.0. The van der Waals surface area contributed by atoms with Crippen molar-refractivity contribution in [2.45, 2.75) is 52.1 Å². The van der Waals surface area contributed by atoms with Gasteiger partial charge in [-0.1, -0.05) is 23.3 Å². The smallest absolute Gasteiger partial charge is 0.339 e. The van der Waals surface area contributed by atoms with E-state index < -0.39 is 12.1 Å². The number of halogens is 1. The molecule has 6 nitrogen and oxygen atoms in total. The first-order chi connectivity index (χ1) is 13.5. The molecule has 0 heterocycles. The van der Waals surface area contributed by atoms with Crippen LogP contribution >= 0.6 is 11.6 Å². The third-order valence-corrected chi connectivity index (χ3v) is 4.82. The second-order valence-electron chi connectivity index (χ2n) is 6.62. The topological polar surface area (TPSA) is 73.9 Å². The first kappa shape index (κ1) is 22.1. The Labute approximate surface area is 171 Å². The highest BCUT2D eigenvalue weighted by Crippen LogP contribution is 2.36. The molecular weight excluding hydrogens is 382 g/mol. The van der Waals surface area contributed by atoms with Crippen molar-refractivity contribution in [1.82, 2.24) is 5.32 Å². The van der Waals surface area contributed by atoms with Gasteiger partial charge in [-0.15, -0.1) is 0 Å². The molecule has 0 saturated heterocycles. The van der Waals surface area contributed by atoms with Crippen LogP contribution in [0, 0.1) is 0 Å². The molecule has 0 aromatic heterocycles. The highest BCUT2D eigenvalue weighted by molar-refractivity contribution is 6.32. The minimum Gasteiger partial charge on any atom is -0.493 e. The van der Waals surface area contributed by atoms with Gasteiger partial charge < -0.3 is 19.5 Å². The van der Waals surface area contributed by atoms with Gasteiger partial charge in [-0.25, -0.2) is 4.79 Å². The second kappa shape index (κ2) is 11.0. The van der Waals surface area contributed by atoms with Gasteiger partial charge in [0.05, 0.1) is 24.3 Å². The largest absolute Gasteiger partial charge is 0.493 e. The van der Waals surface area contributed by atoms with Crippen LogP contribution in [-0.2, 0) is 9.53 Å². The Morgan fingerprint density at radius 1 is 1.29 bits per heavy atom. The number of carbonyl (C=O) groups excluding carboxylic acids is 2. The summed E-state index contributed by atoms with van der Waals surface area (Å²) in [6.07, 6.45) is 6.83. The zero-order chi connectivity index (χ0) is 20.5. The number of ether oxygens (including phenoxy) is 3. The molecular formula is C21H28ClNO5. The molecule has 0 unspecified atom stereocenters. The fourth-order valence-corrected chi connectivity index (χ4v) is 3.29. The Balaban J connectivity index is 1.91. The van der Waals surface area contributed by atoms with Crippen LogP contribution < -0.4 is 14.8 Å². The van der Waals surface area contributed by atoms with Crippen LogP contribution in [0.4, 0.5) is 0 Å². The average molecular weight is 410 g/mol. The molecule has 0 saturated carbocycles. The van der Waals surface area contributed by atoms with Gasteiger partial charge in [0.25, 0.3) is 5.91 Å². The molecule has 2 rings (SSSR count). The van der Waals surface area contributed by atoms with E-state index in [1.54, 1.807) is 6.92 Å². The summed E-state index contributed by atoms with van der Waals surface area (Å²) in [7, 11) is 1.46. The lowest BCUT2D eigenvalue weighted by molar-refractivity contribution is -0.129. The fourth-order valence-electron chi connectivity index (χ4n) is 3.03. The number of nitrogens with one attached hydrogen (secondary N) is 1. The lowest BCUT2D eigenvalue weighted by Crippen LogP contribution is -2.36. The Hall–Kier alpha value is -2.21. The maximum atomic E-state index is 12.4. The Morgan fingerprint density at radius 2 is 2.07 bits per heavy atom. The molecule has 0 radical (unpaired) electrons. The lowest BCUT2D eigenvalue weighted by atomic mass is 9.97. The van der Waals surface area contributed by atoms with E-state index in [9.17, 15) is 9.59 Å². The van der Waals surface area contributed by atoms with Crippen LogP contribution in [0.15, 0.2) is 23.8 Å². The number of rotatable bonds is 9. The van der Waals surface area contributed by atoms with Gasteiger partial charge in [0.15, 0.2) is 17.6 Å².